The Balaban J connectivity index is 2.54. The van der Waals surface area contributed by atoms with E-state index in [0.717, 1.165) is 0 Å². The van der Waals surface area contributed by atoms with Gasteiger partial charge < -0.3 is 0 Å². The van der Waals surface area contributed by atoms with Crippen molar-refractivity contribution in [3.63, 3.8) is 0 Å². The molecule has 5 heteroatoms. The highest BCUT2D eigenvalue weighted by Crippen LogP contribution is 1.47. The average molecular weight is 57.1 g/mol. The van der Waals surface area contributed by atoms with Crippen LogP contribution < -0.4 is 0 Å². The van der Waals surface area contributed by atoms with Crippen molar-refractivity contribution in [1.82, 2.24) is 0 Å². The Morgan fingerprint density at radius 3 is 1.80 bits per heavy atom. The van der Waals surface area contributed by atoms with E-state index >= 15 is 0 Å². The first-order valence-corrected chi connectivity index (χ1v) is 1.00. The zero-order valence-electron chi connectivity index (χ0n) is 2.31. The molecule has 5 radical (unpaired) electrons. The zero-order valence-corrected chi connectivity index (χ0v) is 2.31. The van der Waals surface area contributed by atoms with E-state index in [1.165, 1.54) is 0 Å². The highest BCUT2D eigenvalue weighted by atomic mass is 12.7. The maximum Gasteiger partial charge on any atom is -0.00290 e. The molecule has 0 spiro atoms. The molecule has 0 amide bonds. The van der Waals surface area contributed by atoms with E-state index in [4.69, 9.17) is 15.5 Å². The molecule has 0 rings (SSSR count). The van der Waals surface area contributed by atoms with Gasteiger partial charge in [0.05, 0.1) is 0 Å². The van der Waals surface area contributed by atoms with Gasteiger partial charge in [-0.1, -0.05) is 7.74 Å². The van der Waals surface area contributed by atoms with Crippen LogP contribution in [0.15, 0.2) is 0 Å². The fourth-order valence-electron chi connectivity index (χ4n) is 0. The third-order valence-corrected chi connectivity index (χ3v) is 0. The summed E-state index contributed by atoms with van der Waals surface area (Å²) in [6, 6.07) is 0. The van der Waals surface area contributed by atoms with Crippen molar-refractivity contribution < 1.29 is 0 Å². The van der Waals surface area contributed by atoms with Crippen LogP contribution in [0.3, 0.4) is 0 Å². The molecule has 5 heavy (non-hydrogen) atoms. The molecule has 0 saturated carbocycles. The third-order valence-electron chi connectivity index (χ3n) is 0. The Morgan fingerprint density at radius 2 is 1.80 bits per heavy atom. The summed E-state index contributed by atoms with van der Waals surface area (Å²) in [5, 5.41) is 0. The van der Waals surface area contributed by atoms with Crippen LogP contribution in [0.5, 0.6) is 0 Å². The number of hydrogen-bond donors (Lipinski definition) is 0. The first-order chi connectivity index (χ1) is 2.27. The Morgan fingerprint density at radius 1 is 1.60 bits per heavy atom. The van der Waals surface area contributed by atoms with E-state index in [1.807, 2.05) is 7.06 Å². The van der Waals surface area contributed by atoms with Crippen molar-refractivity contribution in [2.45, 2.75) is 0 Å². The minimum atomic E-state index is -0.130. The van der Waals surface area contributed by atoms with Gasteiger partial charge >= 0.3 is 0 Å². The number of hydrogen-bond acceptors (Lipinski definition) is 0. The summed E-state index contributed by atoms with van der Waals surface area (Å²) in [7, 11) is 12.5. The zero-order chi connectivity index (χ0) is 4.28. The molecule has 0 saturated heterocycles. The SMILES string of the molecule is [B]B([B])[B][BH3-]. The fraction of sp³-hybridized carbons (Fsp3) is 0. The fourth-order valence-corrected chi connectivity index (χ4v) is 0. The van der Waals surface area contributed by atoms with Gasteiger partial charge in [-0.05, 0) is 21.9 Å². The van der Waals surface area contributed by atoms with Crippen molar-refractivity contribution >= 4 is 36.7 Å². The minimum Gasteiger partial charge on any atom is -0.158 e. The van der Waals surface area contributed by atoms with Gasteiger partial charge in [-0.2, -0.15) is 7.06 Å². The summed E-state index contributed by atoms with van der Waals surface area (Å²) >= 11 is 0. The summed E-state index contributed by atoms with van der Waals surface area (Å²) in [5.74, 6) is 0. The quantitative estimate of drug-likeness (QED) is 0.287. The van der Waals surface area contributed by atoms with Gasteiger partial charge in [-0.25, -0.2) is 0 Å². The lowest BCUT2D eigenvalue weighted by Gasteiger charge is -1.91. The lowest BCUT2D eigenvalue weighted by Crippen LogP contribution is -2.23. The summed E-state index contributed by atoms with van der Waals surface area (Å²) in [4.78, 5) is 0. The van der Waals surface area contributed by atoms with Crippen LogP contribution in [-0.4, -0.2) is 36.7 Å². The maximum absolute atomic E-state index is 5.08. The van der Waals surface area contributed by atoms with Gasteiger partial charge in [0.2, 0.25) is 0 Å². The predicted octanol–water partition coefficient (Wildman–Crippen LogP) is -2.71. The molecular weight excluding hydrogens is 54.1 g/mol. The molecule has 0 aliphatic rings. The van der Waals surface area contributed by atoms with Crippen LogP contribution in [-0.2, 0) is 0 Å². The van der Waals surface area contributed by atoms with Gasteiger partial charge in [-0.15, -0.1) is 0 Å². The Hall–Kier alpha value is 0.325. The molecule has 0 aliphatic carbocycles. The lowest BCUT2D eigenvalue weighted by molar-refractivity contribution is 3.91. The van der Waals surface area contributed by atoms with Crippen molar-refractivity contribution in [2.24, 2.45) is 0 Å². The second-order valence-corrected chi connectivity index (χ2v) is 0.577. The van der Waals surface area contributed by atoms with Crippen molar-refractivity contribution in [3.8, 4) is 0 Å². The molecule has 0 fully saturated rings. The predicted molar refractivity (Wildman–Crippen MR) is 33.0 cm³/mol. The molecule has 0 nitrogen and oxygen atoms in total. The van der Waals surface area contributed by atoms with Gasteiger partial charge in [0.1, 0.15) is 0 Å². The standard InChI is InChI=1S/B5H3/c1-4-5(2)3/h1H3/q-1. The van der Waals surface area contributed by atoms with E-state index in [1.54, 1.807) is 0 Å². The number of rotatable bonds is 1. The Kier molecular flexibility index (Phi) is 2.72. The molecule has 0 aliphatic heterocycles. The van der Waals surface area contributed by atoms with Gasteiger partial charge in [0.25, 0.3) is 0 Å². The van der Waals surface area contributed by atoms with Crippen LogP contribution in [0, 0.1) is 0 Å². The Bertz CT molecular complexity index is 14.0. The topological polar surface area (TPSA) is 0 Å². The van der Waals surface area contributed by atoms with Gasteiger partial charge in [0, 0.05) is 0 Å². The minimum absolute atomic E-state index is 0.130. The van der Waals surface area contributed by atoms with E-state index in [-0.39, 0.29) is 6.39 Å². The van der Waals surface area contributed by atoms with Crippen molar-refractivity contribution in [2.75, 3.05) is 0 Å². The van der Waals surface area contributed by atoms with Gasteiger partial charge in [-0.3, -0.25) is 0 Å². The monoisotopic (exact) mass is 58.1 g/mol. The first kappa shape index (κ1) is 5.32. The Labute approximate surface area is 37.6 Å². The van der Waals surface area contributed by atoms with E-state index in [2.05, 4.69) is 0 Å². The molecule has 0 N–H and O–H groups in total. The van der Waals surface area contributed by atoms with Crippen LogP contribution in [0.25, 0.3) is 0 Å². The third kappa shape index (κ3) is 4.32. The van der Waals surface area contributed by atoms with Crippen LogP contribution in [0.2, 0.25) is 0 Å². The molecule has 0 bridgehead atoms. The van der Waals surface area contributed by atoms with E-state index in [9.17, 15) is 0 Å². The molecular formula is H3B5-. The van der Waals surface area contributed by atoms with Crippen LogP contribution in [0.1, 0.15) is 0 Å². The molecule has 0 aromatic rings. The lowest BCUT2D eigenvalue weighted by atomic mass is 8.97. The first-order valence-electron chi connectivity index (χ1n) is 1.00. The maximum atomic E-state index is 5.08. The van der Waals surface area contributed by atoms with E-state index < -0.39 is 0 Å². The highest BCUT2D eigenvalue weighted by Gasteiger charge is 1.79. The molecule has 0 unspecified atom stereocenters. The van der Waals surface area contributed by atoms with Crippen LogP contribution >= 0.6 is 0 Å². The van der Waals surface area contributed by atoms with Gasteiger partial charge in [0.15, 0.2) is 0 Å². The second-order valence-electron chi connectivity index (χ2n) is 0.577. The van der Waals surface area contributed by atoms with Crippen molar-refractivity contribution in [3.05, 3.63) is 0 Å². The summed E-state index contributed by atoms with van der Waals surface area (Å²) in [6.07, 6.45) is -0.130. The molecule has 0 aromatic heterocycles. The van der Waals surface area contributed by atoms with Crippen molar-refractivity contribution in [1.29, 1.82) is 0 Å². The summed E-state index contributed by atoms with van der Waals surface area (Å²) in [6.45, 7) is 0. The van der Waals surface area contributed by atoms with E-state index in [0.29, 0.717) is 7.74 Å². The molecule has 19 valence electrons. The van der Waals surface area contributed by atoms with Crippen LogP contribution in [0.4, 0.5) is 0 Å². The second kappa shape index (κ2) is 2.56. The largest absolute Gasteiger partial charge is 0.158 e. The molecule has 0 atom stereocenters. The normalized spacial score (nSPS) is 6.60. The smallest absolute Gasteiger partial charge is 0.00290 e. The summed E-state index contributed by atoms with van der Waals surface area (Å²) in [5.41, 5.74) is 0. The highest BCUT2D eigenvalue weighted by molar-refractivity contribution is 7.60. The molecule has 0 aromatic carbocycles. The summed E-state index contributed by atoms with van der Waals surface area (Å²) < 4.78 is 0. The average Bonchev–Trinajstić information content (AvgIpc) is 1.38. The molecule has 0 heterocycles.